The largest absolute Gasteiger partial charge is 0.393 e. The molecule has 0 aromatic heterocycles. The van der Waals surface area contributed by atoms with Crippen LogP contribution in [0.25, 0.3) is 0 Å². The summed E-state index contributed by atoms with van der Waals surface area (Å²) in [5.41, 5.74) is 8.04. The van der Waals surface area contributed by atoms with Crippen molar-refractivity contribution < 1.29 is 0 Å². The molecule has 4 fully saturated rings. The van der Waals surface area contributed by atoms with Gasteiger partial charge in [0.2, 0.25) is 0 Å². The maximum atomic E-state index is 6.03. The van der Waals surface area contributed by atoms with Gasteiger partial charge in [-0.25, -0.2) is 0 Å². The minimum atomic E-state index is 0.443. The van der Waals surface area contributed by atoms with Gasteiger partial charge < -0.3 is 5.73 Å². The Bertz CT molecular complexity index is 493. The third kappa shape index (κ3) is 1.69. The topological polar surface area (TPSA) is 26.0 Å². The second kappa shape index (κ2) is 4.05. The number of benzene rings is 1. The molecule has 100 valence electrons. The van der Waals surface area contributed by atoms with Crippen molar-refractivity contribution in [1.29, 1.82) is 0 Å². The summed E-state index contributed by atoms with van der Waals surface area (Å²) in [5.74, 6) is 2.96. The van der Waals surface area contributed by atoms with Crippen molar-refractivity contribution in [3.63, 3.8) is 0 Å². The van der Waals surface area contributed by atoms with E-state index >= 15 is 0 Å². The van der Waals surface area contributed by atoms with Crippen LogP contribution in [0, 0.1) is 23.7 Å². The molecule has 1 nitrogen and oxygen atoms in total. The maximum Gasteiger partial charge on any atom is 0.0764 e. The lowest BCUT2D eigenvalue weighted by Crippen LogP contribution is -2.55. The highest BCUT2D eigenvalue weighted by Gasteiger charge is 2.56. The monoisotopic (exact) mass is 271 g/mol. The summed E-state index contributed by atoms with van der Waals surface area (Å²) in [4.78, 5) is 0.789. The fraction of sp³-hybridized carbons (Fsp3) is 0.588. The van der Waals surface area contributed by atoms with Crippen molar-refractivity contribution in [2.45, 2.75) is 37.5 Å². The van der Waals surface area contributed by atoms with Crippen molar-refractivity contribution in [2.75, 3.05) is 0 Å². The molecule has 0 saturated heterocycles. The lowest BCUT2D eigenvalue weighted by Gasteiger charge is -2.60. The smallest absolute Gasteiger partial charge is 0.0764 e. The predicted molar refractivity (Wildman–Crippen MR) is 82.0 cm³/mol. The van der Waals surface area contributed by atoms with Gasteiger partial charge in [0.15, 0.2) is 0 Å². The van der Waals surface area contributed by atoms with Gasteiger partial charge in [-0.3, -0.25) is 0 Å². The van der Waals surface area contributed by atoms with Gasteiger partial charge in [0.1, 0.15) is 0 Å². The fourth-order valence-corrected chi connectivity index (χ4v) is 6.02. The molecule has 4 bridgehead atoms. The van der Waals surface area contributed by atoms with E-state index in [-0.39, 0.29) is 0 Å². The molecular formula is C17H21NS. The number of rotatable bonds is 2. The van der Waals surface area contributed by atoms with Crippen LogP contribution in [-0.4, -0.2) is 4.99 Å². The Morgan fingerprint density at radius 2 is 1.68 bits per heavy atom. The predicted octanol–water partition coefficient (Wildman–Crippen LogP) is 3.67. The quantitative estimate of drug-likeness (QED) is 0.831. The summed E-state index contributed by atoms with van der Waals surface area (Å²) in [6.45, 7) is 0. The third-order valence-electron chi connectivity index (χ3n) is 5.99. The van der Waals surface area contributed by atoms with E-state index in [4.69, 9.17) is 18.0 Å². The molecule has 4 aliphatic rings. The number of hydrogen-bond acceptors (Lipinski definition) is 1. The zero-order valence-electron chi connectivity index (χ0n) is 11.2. The number of nitrogens with two attached hydrogens (primary N) is 1. The molecule has 2 heteroatoms. The van der Waals surface area contributed by atoms with Crippen LogP contribution in [-0.2, 0) is 5.41 Å². The van der Waals surface area contributed by atoms with E-state index in [0.29, 0.717) is 11.3 Å². The van der Waals surface area contributed by atoms with E-state index in [1.54, 1.807) is 5.56 Å². The van der Waals surface area contributed by atoms with Crippen LogP contribution < -0.4 is 5.73 Å². The highest BCUT2D eigenvalue weighted by molar-refractivity contribution is 7.80. The average molecular weight is 271 g/mol. The highest BCUT2D eigenvalue weighted by Crippen LogP contribution is 2.62. The van der Waals surface area contributed by atoms with Gasteiger partial charge in [-0.05, 0) is 60.8 Å². The van der Waals surface area contributed by atoms with E-state index in [1.807, 2.05) is 0 Å². The zero-order valence-corrected chi connectivity index (χ0v) is 12.0. The average Bonchev–Trinajstić information content (AvgIpc) is 2.38. The second-order valence-corrected chi connectivity index (χ2v) is 7.52. The van der Waals surface area contributed by atoms with Gasteiger partial charge in [-0.15, -0.1) is 0 Å². The first-order valence-electron chi connectivity index (χ1n) is 7.53. The molecule has 0 spiro atoms. The standard InChI is InChI=1S/C17H21NS/c18-16(19)15-12-6-11-7-13(15)10-17(8-11,9-12)14-4-2-1-3-5-14/h1-5,11-13,15H,6-10H2,(H2,18,19). The first-order valence-corrected chi connectivity index (χ1v) is 7.94. The van der Waals surface area contributed by atoms with Crippen LogP contribution in [0.2, 0.25) is 0 Å². The maximum absolute atomic E-state index is 6.03. The van der Waals surface area contributed by atoms with Gasteiger partial charge in [-0.1, -0.05) is 42.5 Å². The molecule has 1 aromatic rings. The summed E-state index contributed by atoms with van der Waals surface area (Å²) < 4.78 is 0. The molecule has 2 atom stereocenters. The van der Waals surface area contributed by atoms with Gasteiger partial charge in [0.25, 0.3) is 0 Å². The molecule has 1 aromatic carbocycles. The zero-order chi connectivity index (χ0) is 13.0. The van der Waals surface area contributed by atoms with Crippen LogP contribution in [0.15, 0.2) is 30.3 Å². The number of hydrogen-bond donors (Lipinski definition) is 1. The van der Waals surface area contributed by atoms with Crippen LogP contribution in [0.4, 0.5) is 0 Å². The summed E-state index contributed by atoms with van der Waals surface area (Å²) >= 11 is 5.35. The van der Waals surface area contributed by atoms with Crippen molar-refractivity contribution in [2.24, 2.45) is 29.4 Å². The lowest BCUT2D eigenvalue weighted by atomic mass is 9.45. The summed E-state index contributed by atoms with van der Waals surface area (Å²) in [6.07, 6.45) is 6.76. The van der Waals surface area contributed by atoms with E-state index in [1.165, 1.54) is 32.1 Å². The Hall–Kier alpha value is -0.890. The molecule has 0 heterocycles. The summed E-state index contributed by atoms with van der Waals surface area (Å²) in [7, 11) is 0. The van der Waals surface area contributed by atoms with Crippen LogP contribution in [0.5, 0.6) is 0 Å². The second-order valence-electron chi connectivity index (χ2n) is 7.04. The first-order chi connectivity index (χ1) is 9.18. The third-order valence-corrected chi connectivity index (χ3v) is 6.26. The van der Waals surface area contributed by atoms with E-state index < -0.39 is 0 Å². The van der Waals surface area contributed by atoms with Crippen molar-refractivity contribution in [3.8, 4) is 0 Å². The van der Waals surface area contributed by atoms with Crippen molar-refractivity contribution in [3.05, 3.63) is 35.9 Å². The Labute approximate surface area is 120 Å². The molecule has 0 radical (unpaired) electrons. The highest BCUT2D eigenvalue weighted by atomic mass is 32.1. The minimum absolute atomic E-state index is 0.443. The first kappa shape index (κ1) is 11.9. The fourth-order valence-electron chi connectivity index (χ4n) is 5.63. The molecule has 19 heavy (non-hydrogen) atoms. The Kier molecular flexibility index (Phi) is 2.54. The van der Waals surface area contributed by atoms with E-state index in [9.17, 15) is 0 Å². The molecule has 5 rings (SSSR count). The lowest BCUT2D eigenvalue weighted by molar-refractivity contribution is -0.0302. The molecule has 0 aliphatic heterocycles. The normalized spacial score (nSPS) is 43.4. The molecule has 2 N–H and O–H groups in total. The molecule has 0 amide bonds. The van der Waals surface area contributed by atoms with Gasteiger partial charge in [0, 0.05) is 5.92 Å². The summed E-state index contributed by atoms with van der Waals surface area (Å²) in [6, 6.07) is 11.2. The Morgan fingerprint density at radius 3 is 2.26 bits per heavy atom. The van der Waals surface area contributed by atoms with E-state index in [2.05, 4.69) is 30.3 Å². The van der Waals surface area contributed by atoms with Gasteiger partial charge >= 0.3 is 0 Å². The van der Waals surface area contributed by atoms with Crippen LogP contribution in [0.1, 0.15) is 37.7 Å². The minimum Gasteiger partial charge on any atom is -0.393 e. The molecule has 4 saturated carbocycles. The van der Waals surface area contributed by atoms with Crippen LogP contribution in [0.3, 0.4) is 0 Å². The van der Waals surface area contributed by atoms with Crippen molar-refractivity contribution in [1.82, 2.24) is 0 Å². The van der Waals surface area contributed by atoms with Crippen LogP contribution >= 0.6 is 12.2 Å². The Balaban J connectivity index is 1.73. The number of thiocarbonyl (C=S) groups is 1. The SMILES string of the molecule is NC(=S)C1C2CC3CC1CC(c1ccccc1)(C3)C2. The van der Waals surface area contributed by atoms with Gasteiger partial charge in [0.05, 0.1) is 4.99 Å². The van der Waals surface area contributed by atoms with Gasteiger partial charge in [-0.2, -0.15) is 0 Å². The Morgan fingerprint density at radius 1 is 1.05 bits per heavy atom. The molecule has 2 unspecified atom stereocenters. The summed E-state index contributed by atoms with van der Waals surface area (Å²) in [5, 5.41) is 0. The molecular weight excluding hydrogens is 250 g/mol. The molecule has 4 aliphatic carbocycles. The van der Waals surface area contributed by atoms with E-state index in [0.717, 1.165) is 22.7 Å². The van der Waals surface area contributed by atoms with Crippen molar-refractivity contribution >= 4 is 17.2 Å².